The van der Waals surface area contributed by atoms with Crippen LogP contribution in [0.2, 0.25) is 0 Å². The Kier molecular flexibility index (Phi) is 6.28. The van der Waals surface area contributed by atoms with E-state index in [9.17, 15) is 8.42 Å². The molecule has 0 spiro atoms. The summed E-state index contributed by atoms with van der Waals surface area (Å²) in [7, 11) is -1.24. The van der Waals surface area contributed by atoms with Gasteiger partial charge in [-0.15, -0.1) is 0 Å². The monoisotopic (exact) mass is 209 g/mol. The molecule has 0 aliphatic carbocycles. The zero-order valence-electron chi connectivity index (χ0n) is 8.54. The van der Waals surface area contributed by atoms with E-state index in [0.717, 1.165) is 0 Å². The molecule has 0 heterocycles. The van der Waals surface area contributed by atoms with Crippen LogP contribution in [-0.4, -0.2) is 46.2 Å². The van der Waals surface area contributed by atoms with Crippen molar-refractivity contribution in [2.24, 2.45) is 0 Å². The fourth-order valence-corrected chi connectivity index (χ4v) is 2.08. The van der Waals surface area contributed by atoms with Crippen molar-refractivity contribution in [1.82, 2.24) is 5.32 Å². The molecule has 0 aromatic rings. The molecular formula is C8H19NO3S. The van der Waals surface area contributed by atoms with Gasteiger partial charge in [0.25, 0.3) is 0 Å². The van der Waals surface area contributed by atoms with Crippen molar-refractivity contribution in [2.45, 2.75) is 19.9 Å². The van der Waals surface area contributed by atoms with Crippen LogP contribution in [0.15, 0.2) is 0 Å². The molecule has 0 rings (SSSR count). The van der Waals surface area contributed by atoms with Gasteiger partial charge < -0.3 is 10.1 Å². The standard InChI is InChI=1S/C8H19NO3S/c1-4-13(10,11)7-8(2)9-5-6-12-3/h8-9H,4-7H2,1-3H3. The number of sulfone groups is 1. The van der Waals surface area contributed by atoms with Crippen molar-refractivity contribution in [3.05, 3.63) is 0 Å². The smallest absolute Gasteiger partial charge is 0.151 e. The number of nitrogens with one attached hydrogen (secondary N) is 1. The minimum absolute atomic E-state index is 0.0000926. The van der Waals surface area contributed by atoms with Gasteiger partial charge >= 0.3 is 0 Å². The molecule has 13 heavy (non-hydrogen) atoms. The zero-order valence-corrected chi connectivity index (χ0v) is 9.36. The predicted octanol–water partition coefficient (Wildman–Crippen LogP) is 0.0456. The van der Waals surface area contributed by atoms with Crippen LogP contribution in [0.5, 0.6) is 0 Å². The lowest BCUT2D eigenvalue weighted by molar-refractivity contribution is 0.197. The van der Waals surface area contributed by atoms with E-state index in [0.29, 0.717) is 13.2 Å². The van der Waals surface area contributed by atoms with E-state index in [1.165, 1.54) is 0 Å². The summed E-state index contributed by atoms with van der Waals surface area (Å²) in [6.45, 7) is 4.83. The summed E-state index contributed by atoms with van der Waals surface area (Å²) in [6.07, 6.45) is 0. The Morgan fingerprint density at radius 2 is 2.08 bits per heavy atom. The third-order valence-corrected chi connectivity index (χ3v) is 3.63. The maximum Gasteiger partial charge on any atom is 0.151 e. The van der Waals surface area contributed by atoms with E-state index >= 15 is 0 Å². The molecule has 0 aliphatic rings. The highest BCUT2D eigenvalue weighted by atomic mass is 32.2. The number of hydrogen-bond donors (Lipinski definition) is 1. The lowest BCUT2D eigenvalue weighted by atomic mass is 10.4. The second-order valence-corrected chi connectivity index (χ2v) is 5.44. The second-order valence-electron chi connectivity index (χ2n) is 3.05. The van der Waals surface area contributed by atoms with Gasteiger partial charge in [-0.05, 0) is 6.92 Å². The van der Waals surface area contributed by atoms with E-state index in [1.807, 2.05) is 6.92 Å². The zero-order chi connectivity index (χ0) is 10.3. The van der Waals surface area contributed by atoms with Crippen molar-refractivity contribution in [1.29, 1.82) is 0 Å². The summed E-state index contributed by atoms with van der Waals surface area (Å²) in [5.74, 6) is 0.413. The Morgan fingerprint density at radius 1 is 1.46 bits per heavy atom. The molecular weight excluding hydrogens is 190 g/mol. The van der Waals surface area contributed by atoms with Gasteiger partial charge in [-0.3, -0.25) is 0 Å². The number of rotatable bonds is 7. The maximum absolute atomic E-state index is 11.2. The van der Waals surface area contributed by atoms with Gasteiger partial charge in [-0.2, -0.15) is 0 Å². The molecule has 0 aromatic heterocycles. The van der Waals surface area contributed by atoms with Crippen LogP contribution >= 0.6 is 0 Å². The first-order valence-electron chi connectivity index (χ1n) is 4.44. The molecule has 4 nitrogen and oxygen atoms in total. The number of hydrogen-bond acceptors (Lipinski definition) is 4. The molecule has 0 radical (unpaired) electrons. The fourth-order valence-electron chi connectivity index (χ4n) is 0.965. The average molecular weight is 209 g/mol. The summed E-state index contributed by atoms with van der Waals surface area (Å²) < 4.78 is 27.2. The third kappa shape index (κ3) is 6.98. The quantitative estimate of drug-likeness (QED) is 0.602. The first kappa shape index (κ1) is 12.9. The summed E-state index contributed by atoms with van der Waals surface area (Å²) in [6, 6.07) is 0.0000926. The van der Waals surface area contributed by atoms with Gasteiger partial charge in [-0.25, -0.2) is 8.42 Å². The van der Waals surface area contributed by atoms with Crippen LogP contribution in [0.25, 0.3) is 0 Å². The molecule has 80 valence electrons. The van der Waals surface area contributed by atoms with E-state index in [-0.39, 0.29) is 17.5 Å². The molecule has 1 atom stereocenters. The Hall–Kier alpha value is -0.130. The lowest BCUT2D eigenvalue weighted by Gasteiger charge is -2.12. The second kappa shape index (κ2) is 6.34. The first-order chi connectivity index (χ1) is 6.02. The van der Waals surface area contributed by atoms with Crippen LogP contribution in [0.1, 0.15) is 13.8 Å². The average Bonchev–Trinajstić information content (AvgIpc) is 2.04. The van der Waals surface area contributed by atoms with Crippen LogP contribution in [0, 0.1) is 0 Å². The van der Waals surface area contributed by atoms with Crippen molar-refractivity contribution in [2.75, 3.05) is 31.8 Å². The molecule has 0 fully saturated rings. The van der Waals surface area contributed by atoms with Crippen molar-refractivity contribution < 1.29 is 13.2 Å². The number of ether oxygens (including phenoxy) is 1. The van der Waals surface area contributed by atoms with Crippen LogP contribution in [0.3, 0.4) is 0 Å². The Morgan fingerprint density at radius 3 is 2.54 bits per heavy atom. The molecule has 5 heteroatoms. The first-order valence-corrected chi connectivity index (χ1v) is 6.26. The SMILES string of the molecule is CCS(=O)(=O)CC(C)NCCOC. The van der Waals surface area contributed by atoms with Gasteiger partial charge in [0.2, 0.25) is 0 Å². The molecule has 0 saturated carbocycles. The molecule has 1 unspecified atom stereocenters. The highest BCUT2D eigenvalue weighted by Gasteiger charge is 2.12. The summed E-state index contributed by atoms with van der Waals surface area (Å²) in [5.41, 5.74) is 0. The van der Waals surface area contributed by atoms with Gasteiger partial charge in [0.1, 0.15) is 0 Å². The molecule has 0 bridgehead atoms. The van der Waals surface area contributed by atoms with E-state index < -0.39 is 9.84 Å². The van der Waals surface area contributed by atoms with Crippen LogP contribution < -0.4 is 5.32 Å². The highest BCUT2D eigenvalue weighted by Crippen LogP contribution is 1.93. The van der Waals surface area contributed by atoms with E-state index in [4.69, 9.17) is 4.74 Å². The largest absolute Gasteiger partial charge is 0.383 e. The highest BCUT2D eigenvalue weighted by molar-refractivity contribution is 7.91. The molecule has 1 N–H and O–H groups in total. The van der Waals surface area contributed by atoms with Crippen molar-refractivity contribution >= 4 is 9.84 Å². The Labute approximate surface area is 80.6 Å². The minimum atomic E-state index is -2.86. The topological polar surface area (TPSA) is 55.4 Å². The molecule has 0 aliphatic heterocycles. The third-order valence-electron chi connectivity index (χ3n) is 1.74. The summed E-state index contributed by atoms with van der Waals surface area (Å²) in [5, 5.41) is 3.07. The molecule has 0 amide bonds. The normalized spacial score (nSPS) is 14.4. The van der Waals surface area contributed by atoms with Gasteiger partial charge in [0, 0.05) is 25.4 Å². The molecule has 0 aromatic carbocycles. The fraction of sp³-hybridized carbons (Fsp3) is 1.00. The predicted molar refractivity (Wildman–Crippen MR) is 53.7 cm³/mol. The van der Waals surface area contributed by atoms with Crippen LogP contribution in [-0.2, 0) is 14.6 Å². The number of methoxy groups -OCH3 is 1. The Balaban J connectivity index is 3.68. The van der Waals surface area contributed by atoms with E-state index in [1.54, 1.807) is 14.0 Å². The minimum Gasteiger partial charge on any atom is -0.383 e. The lowest BCUT2D eigenvalue weighted by Crippen LogP contribution is -2.35. The van der Waals surface area contributed by atoms with Crippen molar-refractivity contribution in [3.8, 4) is 0 Å². The Bertz CT molecular complexity index is 213. The van der Waals surface area contributed by atoms with Crippen molar-refractivity contribution in [3.63, 3.8) is 0 Å². The van der Waals surface area contributed by atoms with E-state index in [2.05, 4.69) is 5.32 Å². The summed E-state index contributed by atoms with van der Waals surface area (Å²) in [4.78, 5) is 0. The van der Waals surface area contributed by atoms with Gasteiger partial charge in [0.15, 0.2) is 9.84 Å². The van der Waals surface area contributed by atoms with Gasteiger partial charge in [-0.1, -0.05) is 6.92 Å². The maximum atomic E-state index is 11.2. The van der Waals surface area contributed by atoms with Gasteiger partial charge in [0.05, 0.1) is 12.4 Å². The summed E-state index contributed by atoms with van der Waals surface area (Å²) >= 11 is 0. The molecule has 0 saturated heterocycles. The van der Waals surface area contributed by atoms with Crippen LogP contribution in [0.4, 0.5) is 0 Å².